The van der Waals surface area contributed by atoms with Gasteiger partial charge in [0, 0.05) is 0 Å². The summed E-state index contributed by atoms with van der Waals surface area (Å²) in [6.45, 7) is 14.4. The Labute approximate surface area is 152 Å². The Balaban J connectivity index is 2.20. The zero-order chi connectivity index (χ0) is 17.8. The molecule has 124 valence electrons. The maximum atomic E-state index is 8.01. The van der Waals surface area contributed by atoms with Gasteiger partial charge in [0.2, 0.25) is 0 Å². The molecule has 3 aromatic rings. The lowest BCUT2D eigenvalue weighted by Crippen LogP contribution is -2.14. The number of nitrogens with zero attached hydrogens (tertiary/aromatic N) is 1. The highest BCUT2D eigenvalue weighted by Gasteiger charge is 2.31. The lowest BCUT2D eigenvalue weighted by molar-refractivity contribution is 1.34. The second-order valence-electron chi connectivity index (χ2n) is 6.24. The van der Waals surface area contributed by atoms with Crippen molar-refractivity contribution in [3.63, 3.8) is 0 Å². The number of hydrogen-bond acceptors (Lipinski definition) is 0. The van der Waals surface area contributed by atoms with Crippen LogP contribution in [0.5, 0.6) is 0 Å². The lowest BCUT2D eigenvalue weighted by Gasteiger charge is -2.26. The summed E-state index contributed by atoms with van der Waals surface area (Å²) >= 11 is 0. The molecule has 0 spiro atoms. The van der Waals surface area contributed by atoms with Gasteiger partial charge in [-0.05, 0) is 37.6 Å². The summed E-state index contributed by atoms with van der Waals surface area (Å²) in [7, 11) is -1.12. The van der Waals surface area contributed by atoms with Crippen LogP contribution < -0.4 is 5.30 Å². The molecule has 0 aliphatic carbocycles. The molecule has 0 saturated heterocycles. The first-order valence-corrected chi connectivity index (χ1v) is 9.64. The van der Waals surface area contributed by atoms with Crippen molar-refractivity contribution < 1.29 is 0 Å². The Morgan fingerprint density at radius 2 is 1.20 bits per heavy atom. The molecule has 25 heavy (non-hydrogen) atoms. The van der Waals surface area contributed by atoms with Crippen molar-refractivity contribution in [3.05, 3.63) is 117 Å². The molecule has 1 atom stereocenters. The summed E-state index contributed by atoms with van der Waals surface area (Å²) in [6.07, 6.45) is 0. The van der Waals surface area contributed by atoms with Gasteiger partial charge in [0.25, 0.3) is 0 Å². The molecular weight excluding hydrogens is 321 g/mol. The zero-order valence-corrected chi connectivity index (χ0v) is 15.7. The van der Waals surface area contributed by atoms with E-state index in [-0.39, 0.29) is 0 Å². The molecule has 0 aliphatic heterocycles. The predicted octanol–water partition coefficient (Wildman–Crippen LogP) is 6.18. The molecule has 1 unspecified atom stereocenters. The fourth-order valence-electron chi connectivity index (χ4n) is 3.32. The molecular formula is C23H21NP-. The number of benzene rings is 3. The van der Waals surface area contributed by atoms with Crippen LogP contribution in [0.1, 0.15) is 27.8 Å². The van der Waals surface area contributed by atoms with E-state index in [1.165, 1.54) is 22.0 Å². The third-order valence-electron chi connectivity index (χ3n) is 4.25. The van der Waals surface area contributed by atoms with E-state index < -0.39 is 8.07 Å². The van der Waals surface area contributed by atoms with Crippen LogP contribution in [0.2, 0.25) is 0 Å². The van der Waals surface area contributed by atoms with Crippen molar-refractivity contribution in [3.8, 4) is 0 Å². The molecule has 0 saturated carbocycles. The van der Waals surface area contributed by atoms with Gasteiger partial charge in [-0.3, -0.25) is 0 Å². The van der Waals surface area contributed by atoms with E-state index in [2.05, 4.69) is 61.8 Å². The highest BCUT2D eigenvalue weighted by atomic mass is 31.1. The van der Waals surface area contributed by atoms with Crippen molar-refractivity contribution in [2.45, 2.75) is 20.8 Å². The van der Waals surface area contributed by atoms with E-state index in [9.17, 15) is 0 Å². The van der Waals surface area contributed by atoms with E-state index in [4.69, 9.17) is 6.57 Å². The zero-order valence-electron chi connectivity index (χ0n) is 14.8. The minimum Gasteiger partial charge on any atom is -0.301 e. The van der Waals surface area contributed by atoms with Crippen LogP contribution in [0.15, 0.2) is 72.8 Å². The minimum atomic E-state index is -1.12. The van der Waals surface area contributed by atoms with E-state index in [1.807, 2.05) is 36.4 Å². The monoisotopic (exact) mass is 342 g/mol. The van der Waals surface area contributed by atoms with Gasteiger partial charge in [0.1, 0.15) is 0 Å². The summed E-state index contributed by atoms with van der Waals surface area (Å²) in [5.74, 6) is 0. The Morgan fingerprint density at radius 3 is 1.60 bits per heavy atom. The van der Waals surface area contributed by atoms with Crippen molar-refractivity contribution in [1.82, 2.24) is 0 Å². The van der Waals surface area contributed by atoms with Gasteiger partial charge in [0.05, 0.1) is 5.30 Å². The Bertz CT molecular complexity index is 832. The van der Waals surface area contributed by atoms with Gasteiger partial charge < -0.3 is 4.62 Å². The topological polar surface area (TPSA) is 4.36 Å². The second-order valence-corrected chi connectivity index (χ2v) is 7.96. The SMILES string of the molecule is [C-]#[N+]P(c1c(C)cc(C)cc1C)[C-](c1ccccc1)c1ccccc1. The molecule has 0 aromatic heterocycles. The number of rotatable bonds is 4. The quantitative estimate of drug-likeness (QED) is 0.394. The first-order valence-electron chi connectivity index (χ1n) is 8.35. The van der Waals surface area contributed by atoms with Crippen molar-refractivity contribution in [2.24, 2.45) is 0 Å². The largest absolute Gasteiger partial charge is 0.301 e. The molecule has 0 N–H and O–H groups in total. The summed E-state index contributed by atoms with van der Waals surface area (Å²) in [6, 6.07) is 25.1. The first kappa shape index (κ1) is 17.3. The summed E-state index contributed by atoms with van der Waals surface area (Å²) in [4.78, 5) is 0. The summed E-state index contributed by atoms with van der Waals surface area (Å²) in [5.41, 5.74) is 7.08. The van der Waals surface area contributed by atoms with E-state index in [0.717, 1.165) is 16.8 Å². The van der Waals surface area contributed by atoms with Gasteiger partial charge in [-0.1, -0.05) is 54.1 Å². The Hall–Kier alpha value is -2.55. The summed E-state index contributed by atoms with van der Waals surface area (Å²) < 4.78 is 4.14. The third kappa shape index (κ3) is 3.60. The lowest BCUT2D eigenvalue weighted by atomic mass is 10.0. The van der Waals surface area contributed by atoms with Crippen LogP contribution in [-0.2, 0) is 0 Å². The van der Waals surface area contributed by atoms with Crippen LogP contribution in [-0.4, -0.2) is 0 Å². The van der Waals surface area contributed by atoms with Gasteiger partial charge in [0.15, 0.2) is 0 Å². The van der Waals surface area contributed by atoms with Crippen LogP contribution in [0, 0.1) is 33.0 Å². The molecule has 0 radical (unpaired) electrons. The van der Waals surface area contributed by atoms with Gasteiger partial charge in [-0.2, -0.15) is 0 Å². The molecule has 3 aromatic carbocycles. The molecule has 3 rings (SSSR count). The average Bonchev–Trinajstić information content (AvgIpc) is 2.61. The first-order chi connectivity index (χ1) is 12.1. The second kappa shape index (κ2) is 7.56. The standard InChI is InChI=1S/C23H21NP/c1-17-15-18(2)22(19(3)16-17)25(24-4)23(20-11-7-5-8-12-20)21-13-9-6-10-14-21/h5-16H,1-3H3/q-1. The average molecular weight is 342 g/mol. The molecule has 0 bridgehead atoms. The molecule has 2 heteroatoms. The summed E-state index contributed by atoms with van der Waals surface area (Å²) in [5, 5.41) is 1.19. The van der Waals surface area contributed by atoms with Crippen LogP contribution in [0.3, 0.4) is 0 Å². The number of hydrogen-bond donors (Lipinski definition) is 0. The van der Waals surface area contributed by atoms with Gasteiger partial charge >= 0.3 is 8.07 Å². The van der Waals surface area contributed by atoms with E-state index >= 15 is 0 Å². The highest BCUT2D eigenvalue weighted by molar-refractivity contribution is 7.71. The van der Waals surface area contributed by atoms with Crippen molar-refractivity contribution >= 4 is 13.4 Å². The van der Waals surface area contributed by atoms with Crippen LogP contribution in [0.25, 0.3) is 4.62 Å². The van der Waals surface area contributed by atoms with Crippen molar-refractivity contribution in [2.75, 3.05) is 0 Å². The normalized spacial score (nSPS) is 11.6. The molecule has 0 heterocycles. The number of aryl methyl sites for hydroxylation is 3. The van der Waals surface area contributed by atoms with Crippen LogP contribution in [0.4, 0.5) is 0 Å². The molecule has 0 fully saturated rings. The van der Waals surface area contributed by atoms with Crippen LogP contribution >= 0.6 is 8.07 Å². The predicted molar refractivity (Wildman–Crippen MR) is 108 cm³/mol. The maximum absolute atomic E-state index is 8.01. The third-order valence-corrected chi connectivity index (χ3v) is 6.52. The molecule has 0 amide bonds. The van der Waals surface area contributed by atoms with Gasteiger partial charge in [-0.25, -0.2) is 6.57 Å². The Kier molecular flexibility index (Phi) is 5.22. The Morgan fingerprint density at radius 1 is 0.760 bits per heavy atom. The van der Waals surface area contributed by atoms with E-state index in [1.54, 1.807) is 0 Å². The van der Waals surface area contributed by atoms with E-state index in [0.29, 0.717) is 0 Å². The highest BCUT2D eigenvalue weighted by Crippen LogP contribution is 2.55. The fraction of sp³-hybridized carbons (Fsp3) is 0.130. The minimum absolute atomic E-state index is 1.12. The van der Waals surface area contributed by atoms with Crippen molar-refractivity contribution in [1.29, 1.82) is 0 Å². The smallest absolute Gasteiger partial charge is 0.301 e. The fourth-order valence-corrected chi connectivity index (χ4v) is 5.33. The molecule has 0 aliphatic rings. The maximum Gasteiger partial charge on any atom is 0.301 e. The molecule has 1 nitrogen and oxygen atoms in total. The van der Waals surface area contributed by atoms with Gasteiger partial charge in [-0.15, -0.1) is 35.4 Å².